The number of piperidine rings is 1. The van der Waals surface area contributed by atoms with Crippen LogP contribution in [0.25, 0.3) is 11.2 Å². The van der Waals surface area contributed by atoms with Crippen LogP contribution >= 0.6 is 0 Å². The van der Waals surface area contributed by atoms with Crippen molar-refractivity contribution in [2.24, 2.45) is 18.9 Å². The Morgan fingerprint density at radius 3 is 2.80 bits per heavy atom. The second-order valence-electron chi connectivity index (χ2n) is 7.99. The van der Waals surface area contributed by atoms with Crippen molar-refractivity contribution in [2.75, 3.05) is 18.0 Å². The van der Waals surface area contributed by atoms with E-state index in [9.17, 15) is 9.18 Å². The molecule has 1 aliphatic heterocycles. The zero-order valence-electron chi connectivity index (χ0n) is 16.1. The number of nitrogens with zero attached hydrogens (tertiary/aromatic N) is 7. The molecule has 4 aromatic rings. The number of imidazole rings is 1. The van der Waals surface area contributed by atoms with Crippen molar-refractivity contribution in [2.45, 2.75) is 12.5 Å². The summed E-state index contributed by atoms with van der Waals surface area (Å²) in [7, 11) is 1.76. The zero-order chi connectivity index (χ0) is 20.4. The molecule has 6 rings (SSSR count). The molecule has 2 fully saturated rings. The van der Waals surface area contributed by atoms with Gasteiger partial charge in [-0.1, -0.05) is 11.2 Å². The van der Waals surface area contributed by atoms with E-state index in [2.05, 4.69) is 25.0 Å². The number of anilines is 1. The number of benzene rings is 1. The highest BCUT2D eigenvalue weighted by Gasteiger charge is 2.58. The molecule has 9 nitrogen and oxygen atoms in total. The molecule has 0 N–H and O–H groups in total. The van der Waals surface area contributed by atoms with Crippen LogP contribution in [0.15, 0.2) is 46.2 Å². The van der Waals surface area contributed by atoms with E-state index >= 15 is 0 Å². The molecule has 30 heavy (non-hydrogen) atoms. The van der Waals surface area contributed by atoms with Gasteiger partial charge in [0.25, 0.3) is 5.56 Å². The van der Waals surface area contributed by atoms with E-state index in [1.165, 1.54) is 17.0 Å². The minimum Gasteiger partial charge on any atom is -0.371 e. The van der Waals surface area contributed by atoms with Crippen molar-refractivity contribution in [1.82, 2.24) is 29.2 Å². The molecule has 1 aromatic carbocycles. The Kier molecular flexibility index (Phi) is 3.59. The number of hydrogen-bond acceptors (Lipinski definition) is 7. The van der Waals surface area contributed by atoms with Crippen LogP contribution in [0, 0.1) is 17.7 Å². The average Bonchev–Trinajstić information content (AvgIpc) is 3.16. The van der Waals surface area contributed by atoms with Gasteiger partial charge in [-0.15, -0.1) is 0 Å². The van der Waals surface area contributed by atoms with Crippen molar-refractivity contribution in [1.29, 1.82) is 0 Å². The van der Waals surface area contributed by atoms with E-state index in [-0.39, 0.29) is 23.8 Å². The lowest BCUT2D eigenvalue weighted by molar-refractivity contribution is 0.363. The fourth-order valence-corrected chi connectivity index (χ4v) is 4.59. The maximum atomic E-state index is 13.5. The quantitative estimate of drug-likeness (QED) is 0.507. The Morgan fingerprint density at radius 1 is 1.20 bits per heavy atom. The summed E-state index contributed by atoms with van der Waals surface area (Å²) in [4.78, 5) is 27.7. The van der Waals surface area contributed by atoms with E-state index in [4.69, 9.17) is 4.52 Å². The van der Waals surface area contributed by atoms with Gasteiger partial charge in [0.15, 0.2) is 17.0 Å². The normalized spacial score (nSPS) is 22.6. The molecule has 0 amide bonds. The first-order valence-corrected chi connectivity index (χ1v) is 9.78. The third kappa shape index (κ3) is 2.63. The summed E-state index contributed by atoms with van der Waals surface area (Å²) in [6, 6.07) is 6.69. The number of fused-ring (bicyclic) bond motifs is 2. The highest BCUT2D eigenvalue weighted by molar-refractivity contribution is 5.68. The molecule has 1 saturated heterocycles. The predicted molar refractivity (Wildman–Crippen MR) is 105 cm³/mol. The lowest BCUT2D eigenvalue weighted by Gasteiger charge is -2.21. The lowest BCUT2D eigenvalue weighted by atomic mass is 10.2. The summed E-state index contributed by atoms with van der Waals surface area (Å²) < 4.78 is 22.0. The van der Waals surface area contributed by atoms with Crippen LogP contribution in [-0.2, 0) is 13.6 Å². The van der Waals surface area contributed by atoms with Crippen LogP contribution in [0.3, 0.4) is 0 Å². The van der Waals surface area contributed by atoms with Crippen molar-refractivity contribution < 1.29 is 8.91 Å². The molecule has 0 unspecified atom stereocenters. The molecule has 0 spiro atoms. The van der Waals surface area contributed by atoms with Crippen LogP contribution in [-0.4, -0.2) is 42.3 Å². The molecule has 10 heteroatoms. The molecule has 1 saturated carbocycles. The number of halogens is 1. The highest BCUT2D eigenvalue weighted by atomic mass is 19.1. The molecule has 0 radical (unpaired) electrons. The van der Waals surface area contributed by atoms with Crippen LogP contribution in [0.4, 0.5) is 10.1 Å². The van der Waals surface area contributed by atoms with Gasteiger partial charge < -0.3 is 14.0 Å². The third-order valence-corrected chi connectivity index (χ3v) is 6.16. The van der Waals surface area contributed by atoms with Gasteiger partial charge in [-0.25, -0.2) is 14.4 Å². The molecule has 2 aliphatic rings. The first kappa shape index (κ1) is 17.3. The topological polar surface area (TPSA) is 94.9 Å². The molecule has 4 heterocycles. The van der Waals surface area contributed by atoms with E-state index in [1.807, 2.05) is 6.07 Å². The van der Waals surface area contributed by atoms with Crippen LogP contribution < -0.4 is 10.5 Å². The summed E-state index contributed by atoms with van der Waals surface area (Å²) in [5.41, 5.74) is 1.56. The number of aromatic nitrogens is 6. The van der Waals surface area contributed by atoms with Gasteiger partial charge in [0.2, 0.25) is 5.89 Å². The molecule has 3 aromatic heterocycles. The standard InChI is InChI=1S/C20H18FN7O2/c1-26-9-22-19-17(26)20(29)28(10-23-19)8-15-24-18(25-30-15)16-13-6-27(7-14(13)16)12-4-2-3-11(21)5-12/h2-5,9-10,13-14,16H,6-8H2,1H3/t13-,14+,16+. The molecule has 152 valence electrons. The molecular formula is C20H18FN7O2. The van der Waals surface area contributed by atoms with E-state index in [0.29, 0.717) is 34.7 Å². The van der Waals surface area contributed by atoms with Crippen molar-refractivity contribution in [3.8, 4) is 0 Å². The molecule has 0 bridgehead atoms. The van der Waals surface area contributed by atoms with Gasteiger partial charge in [-0.2, -0.15) is 4.98 Å². The largest absolute Gasteiger partial charge is 0.371 e. The van der Waals surface area contributed by atoms with Gasteiger partial charge in [0.1, 0.15) is 18.7 Å². The minimum atomic E-state index is -0.221. The van der Waals surface area contributed by atoms with Crippen molar-refractivity contribution >= 4 is 16.9 Å². The Labute approximate surface area is 169 Å². The summed E-state index contributed by atoms with van der Waals surface area (Å²) >= 11 is 0. The Morgan fingerprint density at radius 2 is 2.00 bits per heavy atom. The maximum Gasteiger partial charge on any atom is 0.280 e. The third-order valence-electron chi connectivity index (χ3n) is 6.16. The summed E-state index contributed by atoms with van der Waals surface area (Å²) in [5.74, 6) is 1.97. The monoisotopic (exact) mass is 407 g/mol. The van der Waals surface area contributed by atoms with E-state index < -0.39 is 0 Å². The van der Waals surface area contributed by atoms with Gasteiger partial charge in [-0.05, 0) is 30.0 Å². The summed E-state index contributed by atoms with van der Waals surface area (Å²) in [6.07, 6.45) is 3.01. The van der Waals surface area contributed by atoms with Gasteiger partial charge in [0, 0.05) is 31.7 Å². The minimum absolute atomic E-state index is 0.164. The molecule has 3 atom stereocenters. The second-order valence-corrected chi connectivity index (χ2v) is 7.99. The smallest absolute Gasteiger partial charge is 0.280 e. The van der Waals surface area contributed by atoms with Crippen LogP contribution in [0.5, 0.6) is 0 Å². The zero-order valence-corrected chi connectivity index (χ0v) is 16.1. The first-order chi connectivity index (χ1) is 14.6. The lowest BCUT2D eigenvalue weighted by Crippen LogP contribution is -2.24. The second kappa shape index (κ2) is 6.22. The number of rotatable bonds is 4. The Bertz CT molecular complexity index is 1310. The fraction of sp³-hybridized carbons (Fsp3) is 0.350. The SMILES string of the molecule is Cn1cnc2ncn(Cc3nc([C@H]4[C@@H]5CN(c6cccc(F)c6)C[C@@H]54)no3)c(=O)c21. The van der Waals surface area contributed by atoms with Gasteiger partial charge in [-0.3, -0.25) is 9.36 Å². The Hall–Kier alpha value is -3.56. The first-order valence-electron chi connectivity index (χ1n) is 9.78. The fourth-order valence-electron chi connectivity index (χ4n) is 4.59. The van der Waals surface area contributed by atoms with E-state index in [1.54, 1.807) is 30.1 Å². The number of hydrogen-bond donors (Lipinski definition) is 0. The Balaban J connectivity index is 1.17. The summed E-state index contributed by atoms with van der Waals surface area (Å²) in [5, 5.41) is 4.15. The summed E-state index contributed by atoms with van der Waals surface area (Å²) in [6.45, 7) is 1.86. The van der Waals surface area contributed by atoms with E-state index in [0.717, 1.165) is 18.8 Å². The van der Waals surface area contributed by atoms with Crippen LogP contribution in [0.2, 0.25) is 0 Å². The van der Waals surface area contributed by atoms with Crippen molar-refractivity contribution in [3.63, 3.8) is 0 Å². The van der Waals surface area contributed by atoms with Gasteiger partial charge >= 0.3 is 0 Å². The maximum absolute atomic E-state index is 13.5. The van der Waals surface area contributed by atoms with Gasteiger partial charge in [0.05, 0.1) is 6.33 Å². The number of aryl methyl sites for hydroxylation is 1. The van der Waals surface area contributed by atoms with Crippen molar-refractivity contribution in [3.05, 3.63) is 64.8 Å². The highest BCUT2D eigenvalue weighted by Crippen LogP contribution is 2.57. The molecule has 1 aliphatic carbocycles. The predicted octanol–water partition coefficient (Wildman–Crippen LogP) is 1.55. The molecular weight excluding hydrogens is 389 g/mol. The van der Waals surface area contributed by atoms with Crippen LogP contribution in [0.1, 0.15) is 17.6 Å². The average molecular weight is 407 g/mol.